The topological polar surface area (TPSA) is 53.4 Å². The molecule has 1 amide bonds. The lowest BCUT2D eigenvalue weighted by molar-refractivity contribution is 0.0575. The zero-order chi connectivity index (χ0) is 16.9. The molecule has 4 nitrogen and oxygen atoms in total. The largest absolute Gasteiger partial charge is 0.396 e. The Bertz CT molecular complexity index is 704. The molecule has 126 valence electrons. The van der Waals surface area contributed by atoms with Crippen molar-refractivity contribution in [3.8, 4) is 11.3 Å². The van der Waals surface area contributed by atoms with Crippen LogP contribution in [-0.2, 0) is 0 Å². The molecule has 2 heterocycles. The van der Waals surface area contributed by atoms with Gasteiger partial charge in [0.15, 0.2) is 0 Å². The number of hydrogen-bond acceptors (Lipinski definition) is 3. The summed E-state index contributed by atoms with van der Waals surface area (Å²) < 4.78 is 0. The minimum atomic E-state index is -0.0593. The van der Waals surface area contributed by atoms with E-state index in [1.165, 1.54) is 0 Å². The van der Waals surface area contributed by atoms with Gasteiger partial charge < -0.3 is 10.0 Å². The Morgan fingerprint density at radius 2 is 2.17 bits per heavy atom. The van der Waals surface area contributed by atoms with E-state index in [-0.39, 0.29) is 18.6 Å². The van der Waals surface area contributed by atoms with Crippen molar-refractivity contribution in [2.45, 2.75) is 31.7 Å². The van der Waals surface area contributed by atoms with Crippen LogP contribution in [0.5, 0.6) is 0 Å². The number of carbonyl (C=O) groups excluding carboxylic acids is 1. The smallest absolute Gasteiger partial charge is 0.255 e. The molecule has 1 N–H and O–H groups in total. The van der Waals surface area contributed by atoms with Crippen LogP contribution in [0.1, 0.15) is 36.0 Å². The minimum absolute atomic E-state index is 0.0593. The molecule has 24 heavy (non-hydrogen) atoms. The van der Waals surface area contributed by atoms with E-state index in [1.807, 2.05) is 35.2 Å². The van der Waals surface area contributed by atoms with Gasteiger partial charge in [-0.1, -0.05) is 23.7 Å². The van der Waals surface area contributed by atoms with E-state index in [0.717, 1.165) is 30.5 Å². The zero-order valence-electron chi connectivity index (χ0n) is 13.5. The lowest BCUT2D eigenvalue weighted by atomic mass is 9.98. The van der Waals surface area contributed by atoms with Gasteiger partial charge in [-0.25, -0.2) is 0 Å². The van der Waals surface area contributed by atoms with Crippen molar-refractivity contribution in [3.63, 3.8) is 0 Å². The monoisotopic (exact) mass is 344 g/mol. The summed E-state index contributed by atoms with van der Waals surface area (Å²) in [5, 5.41) is 9.72. The first kappa shape index (κ1) is 16.9. The van der Waals surface area contributed by atoms with Gasteiger partial charge in [0.25, 0.3) is 5.91 Å². The Labute approximate surface area is 147 Å². The van der Waals surface area contributed by atoms with Gasteiger partial charge in [0.1, 0.15) is 0 Å². The number of nitrogens with zero attached hydrogens (tertiary/aromatic N) is 2. The highest BCUT2D eigenvalue weighted by Gasteiger charge is 2.28. The van der Waals surface area contributed by atoms with Gasteiger partial charge in [-0.3, -0.25) is 9.78 Å². The highest BCUT2D eigenvalue weighted by atomic mass is 35.5. The lowest BCUT2D eigenvalue weighted by Gasteiger charge is -2.35. The summed E-state index contributed by atoms with van der Waals surface area (Å²) in [6, 6.07) is 11.2. The average Bonchev–Trinajstić information content (AvgIpc) is 2.63. The van der Waals surface area contributed by atoms with Crippen molar-refractivity contribution in [3.05, 3.63) is 53.2 Å². The second kappa shape index (κ2) is 7.77. The maximum atomic E-state index is 13.0. The van der Waals surface area contributed by atoms with Crippen LogP contribution in [-0.4, -0.2) is 40.1 Å². The third-order valence-corrected chi connectivity index (χ3v) is 4.84. The summed E-state index contributed by atoms with van der Waals surface area (Å²) in [7, 11) is 0. The fraction of sp³-hybridized carbons (Fsp3) is 0.368. The summed E-state index contributed by atoms with van der Waals surface area (Å²) in [4.78, 5) is 19.2. The van der Waals surface area contributed by atoms with Crippen molar-refractivity contribution in [2.24, 2.45) is 0 Å². The Kier molecular flexibility index (Phi) is 5.48. The number of likely N-dealkylation sites (tertiary alicyclic amines) is 1. The second-order valence-corrected chi connectivity index (χ2v) is 6.48. The van der Waals surface area contributed by atoms with E-state index in [0.29, 0.717) is 23.6 Å². The van der Waals surface area contributed by atoms with E-state index < -0.39 is 0 Å². The number of aromatic nitrogens is 1. The van der Waals surface area contributed by atoms with Crippen molar-refractivity contribution < 1.29 is 9.90 Å². The molecule has 2 aromatic rings. The maximum Gasteiger partial charge on any atom is 0.255 e. The Hall–Kier alpha value is -1.91. The van der Waals surface area contributed by atoms with Crippen LogP contribution >= 0.6 is 11.6 Å². The zero-order valence-corrected chi connectivity index (χ0v) is 14.2. The number of piperidine rings is 1. The molecule has 1 aliphatic rings. The number of carbonyl (C=O) groups is 1. The molecule has 3 rings (SSSR count). The number of amides is 1. The molecule has 0 spiro atoms. The molecular weight excluding hydrogens is 324 g/mol. The predicted molar refractivity (Wildman–Crippen MR) is 95.1 cm³/mol. The molecule has 0 aliphatic carbocycles. The number of aliphatic hydroxyl groups is 1. The fourth-order valence-corrected chi connectivity index (χ4v) is 3.45. The Morgan fingerprint density at radius 3 is 2.92 bits per heavy atom. The number of aliphatic hydroxyl groups excluding tert-OH is 1. The van der Waals surface area contributed by atoms with E-state index >= 15 is 0 Å². The molecule has 1 unspecified atom stereocenters. The maximum absolute atomic E-state index is 13.0. The van der Waals surface area contributed by atoms with Crippen molar-refractivity contribution in [1.82, 2.24) is 9.88 Å². The summed E-state index contributed by atoms with van der Waals surface area (Å²) in [5.41, 5.74) is 2.19. The molecule has 1 atom stereocenters. The molecule has 5 heteroatoms. The summed E-state index contributed by atoms with van der Waals surface area (Å²) in [5.74, 6) is -0.0593. The molecule has 1 aliphatic heterocycles. The third kappa shape index (κ3) is 3.60. The predicted octanol–water partition coefficient (Wildman–Crippen LogP) is 3.78. The molecule has 0 bridgehead atoms. The number of benzene rings is 1. The van der Waals surface area contributed by atoms with Gasteiger partial charge in [-0.2, -0.15) is 0 Å². The van der Waals surface area contributed by atoms with Gasteiger partial charge in [0, 0.05) is 31.0 Å². The molecule has 1 aromatic carbocycles. The van der Waals surface area contributed by atoms with Crippen LogP contribution in [0.3, 0.4) is 0 Å². The molecule has 0 saturated carbocycles. The standard InChI is InChI=1S/C19H21ClN2O2/c20-17-8-7-14(18-6-1-3-10-21-18)13-16(17)19(24)22-11-4-2-5-15(22)9-12-23/h1,3,6-8,10,13,15,23H,2,4-5,9,11-12H2. The van der Waals surface area contributed by atoms with Gasteiger partial charge >= 0.3 is 0 Å². The first-order valence-corrected chi connectivity index (χ1v) is 8.71. The molecule has 1 saturated heterocycles. The fourth-order valence-electron chi connectivity index (χ4n) is 3.25. The Morgan fingerprint density at radius 1 is 1.29 bits per heavy atom. The third-order valence-electron chi connectivity index (χ3n) is 4.51. The van der Waals surface area contributed by atoms with Crippen molar-refractivity contribution >= 4 is 17.5 Å². The number of rotatable bonds is 4. The van der Waals surface area contributed by atoms with E-state index in [4.69, 9.17) is 11.6 Å². The second-order valence-electron chi connectivity index (χ2n) is 6.07. The van der Waals surface area contributed by atoms with E-state index in [9.17, 15) is 9.90 Å². The van der Waals surface area contributed by atoms with Crippen LogP contribution < -0.4 is 0 Å². The quantitative estimate of drug-likeness (QED) is 0.918. The number of pyridine rings is 1. The highest BCUT2D eigenvalue weighted by Crippen LogP contribution is 2.28. The molecule has 1 aromatic heterocycles. The average molecular weight is 345 g/mol. The number of hydrogen-bond donors (Lipinski definition) is 1. The molecule has 0 radical (unpaired) electrons. The van der Waals surface area contributed by atoms with Crippen LogP contribution in [0.2, 0.25) is 5.02 Å². The Balaban J connectivity index is 1.91. The van der Waals surface area contributed by atoms with Crippen LogP contribution in [0, 0.1) is 0 Å². The minimum Gasteiger partial charge on any atom is -0.396 e. The van der Waals surface area contributed by atoms with E-state index in [2.05, 4.69) is 4.98 Å². The molecule has 1 fully saturated rings. The van der Waals surface area contributed by atoms with Gasteiger partial charge in [0.2, 0.25) is 0 Å². The van der Waals surface area contributed by atoms with Gasteiger partial charge in [-0.05, 0) is 49.9 Å². The van der Waals surface area contributed by atoms with Crippen LogP contribution in [0.4, 0.5) is 0 Å². The van der Waals surface area contributed by atoms with E-state index in [1.54, 1.807) is 12.3 Å². The summed E-state index contributed by atoms with van der Waals surface area (Å²) in [6.45, 7) is 0.809. The summed E-state index contributed by atoms with van der Waals surface area (Å²) in [6.07, 6.45) is 5.36. The number of halogens is 1. The first-order valence-electron chi connectivity index (χ1n) is 8.33. The summed E-state index contributed by atoms with van der Waals surface area (Å²) >= 11 is 6.31. The lowest BCUT2D eigenvalue weighted by Crippen LogP contribution is -2.44. The SMILES string of the molecule is O=C(c1cc(-c2ccccn2)ccc1Cl)N1CCCCC1CCO. The van der Waals surface area contributed by atoms with Gasteiger partial charge in [-0.15, -0.1) is 0 Å². The van der Waals surface area contributed by atoms with Crippen LogP contribution in [0.15, 0.2) is 42.6 Å². The van der Waals surface area contributed by atoms with Crippen LogP contribution in [0.25, 0.3) is 11.3 Å². The van der Waals surface area contributed by atoms with Gasteiger partial charge in [0.05, 0.1) is 16.3 Å². The highest BCUT2D eigenvalue weighted by molar-refractivity contribution is 6.34. The normalized spacial score (nSPS) is 17.8. The van der Waals surface area contributed by atoms with Crippen molar-refractivity contribution in [2.75, 3.05) is 13.2 Å². The van der Waals surface area contributed by atoms with Crippen molar-refractivity contribution in [1.29, 1.82) is 0 Å². The first-order chi connectivity index (χ1) is 11.7. The molecular formula is C19H21ClN2O2.